The molecule has 2 heterocycles. The van der Waals surface area contributed by atoms with Crippen LogP contribution >= 0.6 is 0 Å². The molecule has 3 aromatic rings. The van der Waals surface area contributed by atoms with Gasteiger partial charge in [0, 0.05) is 5.56 Å². The molecule has 9 heteroatoms. The lowest BCUT2D eigenvalue weighted by atomic mass is 9.89. The maximum absolute atomic E-state index is 9.50. The second-order valence-corrected chi connectivity index (χ2v) is 6.72. The van der Waals surface area contributed by atoms with E-state index in [0.717, 1.165) is 22.4 Å². The van der Waals surface area contributed by atoms with Gasteiger partial charge in [-0.1, -0.05) is 36.4 Å². The molecule has 0 fully saturated rings. The fraction of sp³-hybridized carbons (Fsp3) is 0.0909. The van der Waals surface area contributed by atoms with E-state index in [1.54, 1.807) is 7.11 Å². The van der Waals surface area contributed by atoms with Gasteiger partial charge in [0.1, 0.15) is 35.1 Å². The van der Waals surface area contributed by atoms with Crippen molar-refractivity contribution in [1.82, 2.24) is 10.3 Å². The molecule has 0 aliphatic carbocycles. The number of hydrogen-bond acceptors (Lipinski definition) is 9. The number of nitrogens with zero attached hydrogens (tertiary/aromatic N) is 4. The largest absolute Gasteiger partial charge is 0.497 e. The summed E-state index contributed by atoms with van der Waals surface area (Å²) in [4.78, 5) is 8.94. The predicted molar refractivity (Wildman–Crippen MR) is 118 cm³/mol. The standard InChI is InChI=1S/C22H18N8O/c1-31-13-8-6-12(7-9-13)14-4-2-3-5-15(14)19-17-18(25)16(10-23)20(26)29-21(17)30-22(28-19)27-11-24/h2-9,19H,1H3,(H6,25,26,27,28,29,30). The Kier molecular flexibility index (Phi) is 5.00. The molecular weight excluding hydrogens is 392 g/mol. The number of anilines is 3. The molecule has 1 aliphatic heterocycles. The van der Waals surface area contributed by atoms with Gasteiger partial charge < -0.3 is 21.5 Å². The van der Waals surface area contributed by atoms with Crippen molar-refractivity contribution in [3.63, 3.8) is 0 Å². The van der Waals surface area contributed by atoms with Crippen LogP contribution in [0.4, 0.5) is 17.3 Å². The number of nitriles is 2. The zero-order valence-corrected chi connectivity index (χ0v) is 16.5. The second kappa shape index (κ2) is 7.93. The molecule has 1 aliphatic rings. The highest BCUT2D eigenvalue weighted by molar-refractivity contribution is 5.98. The Hall–Kier alpha value is -4.76. The second-order valence-electron chi connectivity index (χ2n) is 6.72. The molecule has 0 spiro atoms. The number of benzene rings is 2. The van der Waals surface area contributed by atoms with Gasteiger partial charge in [-0.05, 0) is 28.8 Å². The van der Waals surface area contributed by atoms with Crippen molar-refractivity contribution in [3.8, 4) is 29.1 Å². The lowest BCUT2D eigenvalue weighted by Crippen LogP contribution is -2.32. The van der Waals surface area contributed by atoms with Crippen molar-refractivity contribution in [3.05, 3.63) is 65.2 Å². The average molecular weight is 410 g/mol. The molecule has 31 heavy (non-hydrogen) atoms. The van der Waals surface area contributed by atoms with Crippen LogP contribution in [0.5, 0.6) is 5.75 Å². The van der Waals surface area contributed by atoms with E-state index in [4.69, 9.17) is 21.5 Å². The van der Waals surface area contributed by atoms with Crippen molar-refractivity contribution >= 4 is 23.3 Å². The summed E-state index contributed by atoms with van der Waals surface area (Å²) in [6.07, 6.45) is 1.85. The van der Waals surface area contributed by atoms with Crippen LogP contribution in [0.1, 0.15) is 22.7 Å². The highest BCUT2D eigenvalue weighted by Gasteiger charge is 2.31. The van der Waals surface area contributed by atoms with Gasteiger partial charge in [0.05, 0.1) is 12.8 Å². The maximum Gasteiger partial charge on any atom is 0.211 e. The molecule has 9 nitrogen and oxygen atoms in total. The van der Waals surface area contributed by atoms with Gasteiger partial charge in [-0.3, -0.25) is 5.32 Å². The van der Waals surface area contributed by atoms with E-state index >= 15 is 0 Å². The predicted octanol–water partition coefficient (Wildman–Crippen LogP) is 2.73. The Labute approximate surface area is 178 Å². The topological polar surface area (TPSA) is 158 Å². The summed E-state index contributed by atoms with van der Waals surface area (Å²) in [5, 5.41) is 24.0. The fourth-order valence-electron chi connectivity index (χ4n) is 3.57. The molecule has 152 valence electrons. The van der Waals surface area contributed by atoms with Crippen LogP contribution in [0.3, 0.4) is 0 Å². The number of nitrogen functional groups attached to an aromatic ring is 2. The smallest absolute Gasteiger partial charge is 0.211 e. The Morgan fingerprint density at radius 1 is 1.10 bits per heavy atom. The van der Waals surface area contributed by atoms with Crippen LogP contribution < -0.4 is 26.8 Å². The number of nitrogens with two attached hydrogens (primary N) is 2. The fourth-order valence-corrected chi connectivity index (χ4v) is 3.57. The number of ether oxygens (including phenoxy) is 1. The van der Waals surface area contributed by atoms with Gasteiger partial charge in [0.15, 0.2) is 6.19 Å². The number of aromatic nitrogens is 1. The number of pyridine rings is 1. The first-order chi connectivity index (χ1) is 15.1. The van der Waals surface area contributed by atoms with Gasteiger partial charge in [-0.2, -0.15) is 10.5 Å². The number of guanidine groups is 1. The SMILES string of the molecule is COc1ccc(-c2ccccc2C2N=C(NC#N)Nc3nc(N)c(C#N)c(N)c32)cc1. The maximum atomic E-state index is 9.50. The number of rotatable bonds is 3. The van der Waals surface area contributed by atoms with Crippen LogP contribution in [0.25, 0.3) is 11.1 Å². The third-order valence-corrected chi connectivity index (χ3v) is 5.01. The van der Waals surface area contributed by atoms with Gasteiger partial charge in [-0.25, -0.2) is 9.98 Å². The number of nitrogens with one attached hydrogen (secondary N) is 2. The molecule has 1 aromatic heterocycles. The first kappa shape index (κ1) is 19.6. The Bertz CT molecular complexity index is 1270. The first-order valence-corrected chi connectivity index (χ1v) is 9.29. The van der Waals surface area contributed by atoms with Crippen molar-refractivity contribution in [1.29, 1.82) is 10.5 Å². The Balaban J connectivity index is 1.94. The Morgan fingerprint density at radius 3 is 2.52 bits per heavy atom. The molecule has 1 unspecified atom stereocenters. The molecule has 2 aromatic carbocycles. The minimum absolute atomic E-state index is 0.00615. The highest BCUT2D eigenvalue weighted by atomic mass is 16.5. The number of fused-ring (bicyclic) bond motifs is 1. The highest BCUT2D eigenvalue weighted by Crippen LogP contribution is 2.43. The van der Waals surface area contributed by atoms with E-state index in [2.05, 4.69) is 20.6 Å². The van der Waals surface area contributed by atoms with E-state index in [1.165, 1.54) is 0 Å². The lowest BCUT2D eigenvalue weighted by Gasteiger charge is -2.27. The van der Waals surface area contributed by atoms with Crippen molar-refractivity contribution in [2.75, 3.05) is 23.9 Å². The van der Waals surface area contributed by atoms with E-state index in [-0.39, 0.29) is 23.0 Å². The van der Waals surface area contributed by atoms with Crippen LogP contribution in [0, 0.1) is 22.8 Å². The summed E-state index contributed by atoms with van der Waals surface area (Å²) >= 11 is 0. The van der Waals surface area contributed by atoms with Gasteiger partial charge in [-0.15, -0.1) is 0 Å². The first-order valence-electron chi connectivity index (χ1n) is 9.29. The summed E-state index contributed by atoms with van der Waals surface area (Å²) in [7, 11) is 1.61. The number of methoxy groups -OCH3 is 1. The normalized spacial score (nSPS) is 14.3. The molecule has 1 atom stereocenters. The Morgan fingerprint density at radius 2 is 1.84 bits per heavy atom. The van der Waals surface area contributed by atoms with Crippen molar-refractivity contribution in [2.24, 2.45) is 4.99 Å². The molecule has 0 saturated carbocycles. The third-order valence-electron chi connectivity index (χ3n) is 5.01. The van der Waals surface area contributed by atoms with E-state index < -0.39 is 6.04 Å². The quantitative estimate of drug-likeness (QED) is 0.379. The van der Waals surface area contributed by atoms with Crippen LogP contribution in [-0.4, -0.2) is 18.1 Å². The molecule has 0 radical (unpaired) electrons. The summed E-state index contributed by atoms with van der Waals surface area (Å²) in [6.45, 7) is 0. The van der Waals surface area contributed by atoms with Gasteiger partial charge >= 0.3 is 0 Å². The molecule has 0 amide bonds. The summed E-state index contributed by atoms with van der Waals surface area (Å²) in [5.41, 5.74) is 15.8. The van der Waals surface area contributed by atoms with E-state index in [0.29, 0.717) is 11.4 Å². The molecule has 6 N–H and O–H groups in total. The molecule has 4 rings (SSSR count). The zero-order chi connectivity index (χ0) is 22.0. The minimum Gasteiger partial charge on any atom is -0.497 e. The average Bonchev–Trinajstić information content (AvgIpc) is 2.79. The van der Waals surface area contributed by atoms with Crippen LogP contribution in [-0.2, 0) is 0 Å². The van der Waals surface area contributed by atoms with Crippen LogP contribution in [0.2, 0.25) is 0 Å². The number of aliphatic imine (C=N–C) groups is 1. The van der Waals surface area contributed by atoms with Gasteiger partial charge in [0.2, 0.25) is 5.96 Å². The zero-order valence-electron chi connectivity index (χ0n) is 16.5. The van der Waals surface area contributed by atoms with Crippen molar-refractivity contribution < 1.29 is 4.74 Å². The monoisotopic (exact) mass is 410 g/mol. The van der Waals surface area contributed by atoms with Crippen LogP contribution in [0.15, 0.2) is 53.5 Å². The molecule has 0 saturated heterocycles. The lowest BCUT2D eigenvalue weighted by molar-refractivity contribution is 0.415. The summed E-state index contributed by atoms with van der Waals surface area (Å²) in [5.74, 6) is 1.30. The van der Waals surface area contributed by atoms with E-state index in [9.17, 15) is 5.26 Å². The van der Waals surface area contributed by atoms with Gasteiger partial charge in [0.25, 0.3) is 0 Å². The number of hydrogen-bond donors (Lipinski definition) is 4. The van der Waals surface area contributed by atoms with Crippen molar-refractivity contribution in [2.45, 2.75) is 6.04 Å². The molecular formula is C22H18N8O. The summed E-state index contributed by atoms with van der Waals surface area (Å²) < 4.78 is 5.26. The molecule has 0 bridgehead atoms. The summed E-state index contributed by atoms with van der Waals surface area (Å²) in [6, 6.07) is 16.7. The third kappa shape index (κ3) is 3.41. The van der Waals surface area contributed by atoms with E-state index in [1.807, 2.05) is 60.8 Å². The minimum atomic E-state index is -0.620.